The molecule has 0 aliphatic heterocycles. The van der Waals surface area contributed by atoms with Crippen LogP contribution in [0.1, 0.15) is 61.1 Å². The van der Waals surface area contributed by atoms with Gasteiger partial charge in [-0.3, -0.25) is 0 Å². The Morgan fingerprint density at radius 1 is 0.676 bits per heavy atom. The number of benzene rings is 3. The molecule has 194 valence electrons. The summed E-state index contributed by atoms with van der Waals surface area (Å²) in [6, 6.07) is 32.3. The van der Waals surface area contributed by atoms with Gasteiger partial charge in [0, 0.05) is 13.2 Å². The molecule has 0 heterocycles. The first-order valence-electron chi connectivity index (χ1n) is 14.0. The predicted molar refractivity (Wildman–Crippen MR) is 155 cm³/mol. The zero-order valence-corrected chi connectivity index (χ0v) is 22.2. The SMILES string of the molecule is C(=C1CCC(c2ccccc2)CC1)/C(=C/COCCCc1ccccc1)COCCCc1ccccc1. The molecule has 37 heavy (non-hydrogen) atoms. The molecule has 0 unspecified atom stereocenters. The van der Waals surface area contributed by atoms with Crippen LogP contribution in [-0.4, -0.2) is 26.4 Å². The molecule has 0 radical (unpaired) electrons. The average Bonchev–Trinajstić information content (AvgIpc) is 2.96. The molecule has 2 nitrogen and oxygen atoms in total. The first kappa shape index (κ1) is 27.1. The van der Waals surface area contributed by atoms with Gasteiger partial charge < -0.3 is 9.47 Å². The summed E-state index contributed by atoms with van der Waals surface area (Å²) in [5, 5.41) is 0. The number of allylic oxidation sites excluding steroid dienone is 1. The topological polar surface area (TPSA) is 18.5 Å². The van der Waals surface area contributed by atoms with E-state index < -0.39 is 0 Å². The Bertz CT molecular complexity index is 1060. The molecule has 0 saturated heterocycles. The molecule has 0 N–H and O–H groups in total. The van der Waals surface area contributed by atoms with E-state index in [0.717, 1.165) is 38.9 Å². The van der Waals surface area contributed by atoms with E-state index in [-0.39, 0.29) is 0 Å². The minimum absolute atomic E-state index is 0.647. The Morgan fingerprint density at radius 2 is 1.22 bits per heavy atom. The second-order valence-corrected chi connectivity index (χ2v) is 10.1. The van der Waals surface area contributed by atoms with Gasteiger partial charge in [-0.05, 0) is 79.5 Å². The number of hydrogen-bond donors (Lipinski definition) is 0. The predicted octanol–water partition coefficient (Wildman–Crippen LogP) is 8.50. The summed E-state index contributed by atoms with van der Waals surface area (Å²) in [6.45, 7) is 2.87. The van der Waals surface area contributed by atoms with Gasteiger partial charge in [0.25, 0.3) is 0 Å². The minimum atomic E-state index is 0.647. The molecule has 3 aromatic carbocycles. The largest absolute Gasteiger partial charge is 0.377 e. The second-order valence-electron chi connectivity index (χ2n) is 10.1. The van der Waals surface area contributed by atoms with Crippen LogP contribution in [0.15, 0.2) is 114 Å². The molecule has 2 heteroatoms. The molecule has 0 aromatic heterocycles. The van der Waals surface area contributed by atoms with Gasteiger partial charge in [0.2, 0.25) is 0 Å². The van der Waals surface area contributed by atoms with Crippen molar-refractivity contribution < 1.29 is 9.47 Å². The first-order valence-corrected chi connectivity index (χ1v) is 14.0. The Balaban J connectivity index is 1.24. The fraction of sp³-hybridized carbons (Fsp3) is 0.371. The van der Waals surface area contributed by atoms with Crippen molar-refractivity contribution in [3.8, 4) is 0 Å². The molecule has 3 aromatic rings. The normalized spacial score (nSPS) is 16.1. The maximum Gasteiger partial charge on any atom is 0.0714 e. The molecule has 0 spiro atoms. The van der Waals surface area contributed by atoms with Crippen molar-refractivity contribution in [1.82, 2.24) is 0 Å². The van der Waals surface area contributed by atoms with E-state index in [4.69, 9.17) is 9.47 Å². The van der Waals surface area contributed by atoms with Crippen LogP contribution in [0, 0.1) is 0 Å². The van der Waals surface area contributed by atoms with E-state index in [1.807, 2.05) is 0 Å². The number of ether oxygens (including phenoxy) is 2. The summed E-state index contributed by atoms with van der Waals surface area (Å²) >= 11 is 0. The fourth-order valence-electron chi connectivity index (χ4n) is 5.10. The molecular formula is C35H42O2. The van der Waals surface area contributed by atoms with Gasteiger partial charge in [0.1, 0.15) is 0 Å². The number of aryl methyl sites for hydroxylation is 2. The van der Waals surface area contributed by atoms with Crippen LogP contribution in [0.25, 0.3) is 0 Å². The standard InChI is InChI=1S/C35H42O2/c1-4-12-30(13-5-1)16-10-25-36-27-24-33(29-37-26-11-17-31-14-6-2-7-15-31)28-32-20-22-35(23-21-32)34-18-8-3-9-19-34/h1-9,12-15,18-19,24,28,35H,10-11,16-17,20-23,25-27,29H2/b32-28?,33-24-. The van der Waals surface area contributed by atoms with Crippen LogP contribution in [0.4, 0.5) is 0 Å². The molecule has 1 fully saturated rings. The quantitative estimate of drug-likeness (QED) is 0.209. The number of rotatable bonds is 14. The highest BCUT2D eigenvalue weighted by Crippen LogP contribution is 2.35. The molecule has 1 aliphatic carbocycles. The van der Waals surface area contributed by atoms with Gasteiger partial charge in [-0.2, -0.15) is 0 Å². The van der Waals surface area contributed by atoms with Gasteiger partial charge >= 0.3 is 0 Å². The average molecular weight is 495 g/mol. The lowest BCUT2D eigenvalue weighted by Gasteiger charge is -2.24. The van der Waals surface area contributed by atoms with Crippen molar-refractivity contribution in [3.05, 3.63) is 131 Å². The van der Waals surface area contributed by atoms with E-state index in [2.05, 4.69) is 103 Å². The van der Waals surface area contributed by atoms with E-state index in [1.165, 1.54) is 47.9 Å². The van der Waals surface area contributed by atoms with Crippen LogP contribution in [0.3, 0.4) is 0 Å². The molecule has 1 saturated carbocycles. The minimum Gasteiger partial charge on any atom is -0.377 e. The summed E-state index contributed by atoms with van der Waals surface area (Å²) in [7, 11) is 0. The van der Waals surface area contributed by atoms with Gasteiger partial charge in [-0.15, -0.1) is 0 Å². The lowest BCUT2D eigenvalue weighted by Crippen LogP contribution is -2.08. The van der Waals surface area contributed by atoms with Crippen molar-refractivity contribution in [2.75, 3.05) is 26.4 Å². The van der Waals surface area contributed by atoms with E-state index >= 15 is 0 Å². The van der Waals surface area contributed by atoms with Gasteiger partial charge in [-0.25, -0.2) is 0 Å². The van der Waals surface area contributed by atoms with E-state index in [1.54, 1.807) is 5.57 Å². The van der Waals surface area contributed by atoms with Crippen molar-refractivity contribution in [2.24, 2.45) is 0 Å². The zero-order chi connectivity index (χ0) is 25.4. The summed E-state index contributed by atoms with van der Waals surface area (Å²) in [6.07, 6.45) is 13.6. The van der Waals surface area contributed by atoms with Crippen molar-refractivity contribution in [2.45, 2.75) is 57.3 Å². The van der Waals surface area contributed by atoms with Crippen molar-refractivity contribution in [3.63, 3.8) is 0 Å². The first-order chi connectivity index (χ1) is 18.4. The third kappa shape index (κ3) is 10.1. The zero-order valence-electron chi connectivity index (χ0n) is 22.2. The third-order valence-electron chi connectivity index (χ3n) is 7.21. The summed E-state index contributed by atoms with van der Waals surface area (Å²) in [4.78, 5) is 0. The lowest BCUT2D eigenvalue weighted by atomic mass is 9.81. The van der Waals surface area contributed by atoms with Gasteiger partial charge in [-0.1, -0.05) is 109 Å². The highest BCUT2D eigenvalue weighted by atomic mass is 16.5. The van der Waals surface area contributed by atoms with Crippen molar-refractivity contribution in [1.29, 1.82) is 0 Å². The second kappa shape index (κ2) is 16.0. The van der Waals surface area contributed by atoms with E-state index in [0.29, 0.717) is 19.1 Å². The molecule has 1 aliphatic rings. The van der Waals surface area contributed by atoms with Crippen LogP contribution in [-0.2, 0) is 22.3 Å². The number of hydrogen-bond acceptors (Lipinski definition) is 2. The highest BCUT2D eigenvalue weighted by Gasteiger charge is 2.18. The Kier molecular flexibility index (Phi) is 11.7. The highest BCUT2D eigenvalue weighted by molar-refractivity contribution is 5.28. The Morgan fingerprint density at radius 3 is 1.81 bits per heavy atom. The van der Waals surface area contributed by atoms with Crippen LogP contribution in [0.5, 0.6) is 0 Å². The molecule has 0 amide bonds. The lowest BCUT2D eigenvalue weighted by molar-refractivity contribution is 0.148. The molecular weight excluding hydrogens is 452 g/mol. The Hall–Kier alpha value is -2.94. The smallest absolute Gasteiger partial charge is 0.0714 e. The fourth-order valence-corrected chi connectivity index (χ4v) is 5.10. The summed E-state index contributed by atoms with van der Waals surface area (Å²) in [5.74, 6) is 0.688. The van der Waals surface area contributed by atoms with Crippen LogP contribution >= 0.6 is 0 Å². The van der Waals surface area contributed by atoms with Crippen LogP contribution < -0.4 is 0 Å². The van der Waals surface area contributed by atoms with Crippen LogP contribution in [0.2, 0.25) is 0 Å². The maximum atomic E-state index is 6.12. The maximum absolute atomic E-state index is 6.12. The van der Waals surface area contributed by atoms with Gasteiger partial charge in [0.15, 0.2) is 0 Å². The third-order valence-corrected chi connectivity index (χ3v) is 7.21. The summed E-state index contributed by atoms with van der Waals surface area (Å²) < 4.78 is 12.1. The molecule has 0 atom stereocenters. The van der Waals surface area contributed by atoms with Gasteiger partial charge in [0.05, 0.1) is 13.2 Å². The molecule has 4 rings (SSSR count). The monoisotopic (exact) mass is 494 g/mol. The van der Waals surface area contributed by atoms with E-state index in [9.17, 15) is 0 Å². The molecule has 0 bridgehead atoms. The van der Waals surface area contributed by atoms with Crippen molar-refractivity contribution >= 4 is 0 Å². The summed E-state index contributed by atoms with van der Waals surface area (Å²) in [5.41, 5.74) is 7.06. The Labute approximate surface area is 224 Å².